The highest BCUT2D eigenvalue weighted by atomic mass is 32.1. The zero-order chi connectivity index (χ0) is 33.3. The van der Waals surface area contributed by atoms with Crippen LogP contribution in [0.3, 0.4) is 0 Å². The highest BCUT2D eigenvalue weighted by Gasteiger charge is 2.57. The van der Waals surface area contributed by atoms with Gasteiger partial charge in [0, 0.05) is 48.5 Å². The van der Waals surface area contributed by atoms with E-state index < -0.39 is 116 Å². The van der Waals surface area contributed by atoms with E-state index in [0.717, 1.165) is 48.5 Å². The molecule has 0 aromatic heterocycles. The van der Waals surface area contributed by atoms with Gasteiger partial charge in [-0.25, -0.2) is 0 Å². The van der Waals surface area contributed by atoms with Gasteiger partial charge in [-0.2, -0.15) is 0 Å². The fourth-order valence-corrected chi connectivity index (χ4v) is 4.88. The molecule has 0 aromatic rings. The fraction of sp³-hybridized carbons (Fsp3) is 0.731. The van der Waals surface area contributed by atoms with E-state index in [1.54, 1.807) is 0 Å². The van der Waals surface area contributed by atoms with Gasteiger partial charge in [0.25, 0.3) is 0 Å². The maximum absolute atomic E-state index is 12.2. The van der Waals surface area contributed by atoms with E-state index in [4.69, 9.17) is 47.4 Å². The largest absolute Gasteiger partial charge is 0.463 e. The minimum atomic E-state index is -1.74. The quantitative estimate of drug-likeness (QED) is 0.170. The van der Waals surface area contributed by atoms with Gasteiger partial charge in [-0.1, -0.05) is 0 Å². The summed E-state index contributed by atoms with van der Waals surface area (Å²) in [6.45, 7) is 6.50. The molecular formula is C26H36O17S. The zero-order valence-electron chi connectivity index (χ0n) is 25.1. The third-order valence-corrected chi connectivity index (χ3v) is 6.32. The molecule has 248 valence electrons. The summed E-state index contributed by atoms with van der Waals surface area (Å²) in [5.41, 5.74) is -1.21. The molecule has 2 rings (SSSR count). The summed E-state index contributed by atoms with van der Waals surface area (Å²) in [4.78, 5) is 83.7. The van der Waals surface area contributed by atoms with Crippen LogP contribution in [0.1, 0.15) is 48.5 Å². The Morgan fingerprint density at radius 1 is 0.477 bits per heavy atom. The van der Waals surface area contributed by atoms with Crippen molar-refractivity contribution in [3.05, 3.63) is 0 Å². The van der Waals surface area contributed by atoms with Gasteiger partial charge in [0.2, 0.25) is 0 Å². The monoisotopic (exact) mass is 652 g/mol. The van der Waals surface area contributed by atoms with Gasteiger partial charge in [0.1, 0.15) is 37.0 Å². The predicted molar refractivity (Wildman–Crippen MR) is 142 cm³/mol. The van der Waals surface area contributed by atoms with Crippen molar-refractivity contribution in [3.8, 4) is 0 Å². The van der Waals surface area contributed by atoms with Crippen LogP contribution >= 0.6 is 12.6 Å². The van der Waals surface area contributed by atoms with E-state index in [0.29, 0.717) is 0 Å². The van der Waals surface area contributed by atoms with Crippen LogP contribution in [-0.2, 0) is 80.9 Å². The summed E-state index contributed by atoms with van der Waals surface area (Å²) < 4.78 is 55.0. The molecule has 44 heavy (non-hydrogen) atoms. The standard InChI is InChI=1S/C26H36O17S/c1-10(27)34-8-17-19(36-12(3)29)21(37-13(4)30)23(39-15(6)32)25(41-17)43-20-18(9-35-11(2)28)42-26(44)24(40-16(7)33)22(20)38-14(5)31/h17-26,44H,8-9H2,1-7H3/t17-,18-,19-,20-,21+,22+,23-,24-,25-,26+/m1/s1. The number of carbonyl (C=O) groups is 7. The minimum Gasteiger partial charge on any atom is -0.463 e. The number of ether oxygens (including phenoxy) is 10. The van der Waals surface area contributed by atoms with Crippen molar-refractivity contribution in [1.29, 1.82) is 0 Å². The van der Waals surface area contributed by atoms with Gasteiger partial charge in [-0.15, -0.1) is 12.6 Å². The Balaban J connectivity index is 2.66. The maximum atomic E-state index is 12.2. The first-order valence-corrected chi connectivity index (χ1v) is 13.8. The van der Waals surface area contributed by atoms with E-state index in [2.05, 4.69) is 12.6 Å². The van der Waals surface area contributed by atoms with E-state index in [1.807, 2.05) is 0 Å². The van der Waals surface area contributed by atoms with Gasteiger partial charge >= 0.3 is 41.8 Å². The summed E-state index contributed by atoms with van der Waals surface area (Å²) >= 11 is 4.30. The average molecular weight is 653 g/mol. The smallest absolute Gasteiger partial charge is 0.303 e. The fourth-order valence-electron chi connectivity index (χ4n) is 4.49. The third kappa shape index (κ3) is 10.9. The lowest BCUT2D eigenvalue weighted by molar-refractivity contribution is -0.341. The number of hydrogen-bond donors (Lipinski definition) is 1. The number of esters is 7. The number of thiol groups is 1. The van der Waals surface area contributed by atoms with E-state index in [-0.39, 0.29) is 0 Å². The van der Waals surface area contributed by atoms with Crippen molar-refractivity contribution in [2.75, 3.05) is 13.2 Å². The lowest BCUT2D eigenvalue weighted by Gasteiger charge is -2.48. The molecule has 2 heterocycles. The molecule has 0 aliphatic carbocycles. The van der Waals surface area contributed by atoms with Crippen LogP contribution in [-0.4, -0.2) is 116 Å². The molecule has 2 fully saturated rings. The van der Waals surface area contributed by atoms with Crippen molar-refractivity contribution in [3.63, 3.8) is 0 Å². The van der Waals surface area contributed by atoms with Crippen LogP contribution in [0.2, 0.25) is 0 Å². The second-order valence-electron chi connectivity index (χ2n) is 9.68. The summed E-state index contributed by atoms with van der Waals surface area (Å²) in [6, 6.07) is 0. The molecule has 17 nitrogen and oxygen atoms in total. The maximum Gasteiger partial charge on any atom is 0.303 e. The van der Waals surface area contributed by atoms with Crippen LogP contribution in [0.4, 0.5) is 0 Å². The van der Waals surface area contributed by atoms with E-state index >= 15 is 0 Å². The van der Waals surface area contributed by atoms with Crippen LogP contribution in [0.25, 0.3) is 0 Å². The van der Waals surface area contributed by atoms with Gasteiger partial charge in [0.15, 0.2) is 36.8 Å². The van der Waals surface area contributed by atoms with Crippen molar-refractivity contribution in [1.82, 2.24) is 0 Å². The Kier molecular flexibility index (Phi) is 13.8. The zero-order valence-corrected chi connectivity index (χ0v) is 26.0. The van der Waals surface area contributed by atoms with Crippen LogP contribution in [0.5, 0.6) is 0 Å². The molecule has 0 bridgehead atoms. The Bertz CT molecular complexity index is 1090. The molecule has 18 heteroatoms. The lowest BCUT2D eigenvalue weighted by atomic mass is 9.96. The Labute approximate surface area is 257 Å². The second-order valence-corrected chi connectivity index (χ2v) is 10.2. The molecule has 0 aromatic carbocycles. The first-order chi connectivity index (χ1) is 20.5. The summed E-state index contributed by atoms with van der Waals surface area (Å²) in [5, 5.41) is 0. The van der Waals surface area contributed by atoms with Crippen molar-refractivity contribution in [2.24, 2.45) is 0 Å². The minimum absolute atomic E-state index is 0.479. The molecule has 2 aliphatic heterocycles. The Hall–Kier alpha value is -3.48. The number of carbonyl (C=O) groups excluding carboxylic acids is 7. The van der Waals surface area contributed by atoms with Crippen molar-refractivity contribution in [2.45, 2.75) is 109 Å². The van der Waals surface area contributed by atoms with Gasteiger partial charge in [-0.3, -0.25) is 33.6 Å². The van der Waals surface area contributed by atoms with Crippen molar-refractivity contribution >= 4 is 54.4 Å². The molecule has 0 radical (unpaired) electrons. The van der Waals surface area contributed by atoms with Gasteiger partial charge in [0.05, 0.1) is 0 Å². The van der Waals surface area contributed by atoms with Crippen LogP contribution < -0.4 is 0 Å². The summed E-state index contributed by atoms with van der Waals surface area (Å²) in [7, 11) is 0. The second kappa shape index (κ2) is 16.6. The summed E-state index contributed by atoms with van der Waals surface area (Å²) in [5.74, 6) is -5.69. The highest BCUT2D eigenvalue weighted by molar-refractivity contribution is 7.80. The highest BCUT2D eigenvalue weighted by Crippen LogP contribution is 2.35. The molecule has 0 N–H and O–H groups in total. The van der Waals surface area contributed by atoms with Crippen molar-refractivity contribution < 1.29 is 80.9 Å². The van der Waals surface area contributed by atoms with Gasteiger partial charge in [-0.05, 0) is 0 Å². The normalized spacial score (nSPS) is 31.5. The average Bonchev–Trinajstić information content (AvgIpc) is 2.87. The Morgan fingerprint density at radius 3 is 1.27 bits per heavy atom. The number of hydrogen-bond acceptors (Lipinski definition) is 18. The van der Waals surface area contributed by atoms with Crippen LogP contribution in [0, 0.1) is 0 Å². The summed E-state index contributed by atoms with van der Waals surface area (Å²) in [6.07, 6.45) is -13.4. The molecule has 2 saturated heterocycles. The van der Waals surface area contributed by atoms with Crippen LogP contribution in [0.15, 0.2) is 0 Å². The molecule has 0 unspecified atom stereocenters. The Morgan fingerprint density at radius 2 is 0.841 bits per heavy atom. The van der Waals surface area contributed by atoms with E-state index in [9.17, 15) is 33.6 Å². The molecule has 0 amide bonds. The molecule has 2 aliphatic rings. The van der Waals surface area contributed by atoms with Gasteiger partial charge < -0.3 is 47.4 Å². The first-order valence-electron chi connectivity index (χ1n) is 13.3. The molecule has 0 spiro atoms. The van der Waals surface area contributed by atoms with E-state index in [1.165, 1.54) is 0 Å². The lowest BCUT2D eigenvalue weighted by Crippen LogP contribution is -2.66. The SMILES string of the molecule is CC(=O)OC[C@H]1O[C@@H](S)[C@H](OC(C)=O)[C@@H](OC(C)=O)[C@@H]1O[C@H]1O[C@H](COC(C)=O)[C@@H](OC(C)=O)[C@H](OC(C)=O)[C@H]1OC(C)=O. The third-order valence-electron chi connectivity index (χ3n) is 5.90. The molecule has 10 atom stereocenters. The predicted octanol–water partition coefficient (Wildman–Crippen LogP) is -0.464. The molecule has 0 saturated carbocycles. The topological polar surface area (TPSA) is 212 Å². The molecular weight excluding hydrogens is 616 g/mol. The number of rotatable bonds is 11. The first kappa shape index (κ1) is 36.7.